The van der Waals surface area contributed by atoms with E-state index in [-0.39, 0.29) is 0 Å². The molecular weight excluding hydrogens is 246 g/mol. The molecule has 1 heterocycles. The van der Waals surface area contributed by atoms with E-state index in [9.17, 15) is 0 Å². The highest BCUT2D eigenvalue weighted by molar-refractivity contribution is 5.48. The summed E-state index contributed by atoms with van der Waals surface area (Å²) in [6.07, 6.45) is 1.13. The van der Waals surface area contributed by atoms with Crippen LogP contribution in [-0.4, -0.2) is 44.2 Å². The average Bonchev–Trinajstić information content (AvgIpc) is 2.49. The highest BCUT2D eigenvalue weighted by Crippen LogP contribution is 2.22. The van der Waals surface area contributed by atoms with Gasteiger partial charge < -0.3 is 10.2 Å². The van der Waals surface area contributed by atoms with Gasteiger partial charge in [0, 0.05) is 44.0 Å². The van der Waals surface area contributed by atoms with Crippen molar-refractivity contribution in [1.82, 2.24) is 10.2 Å². The van der Waals surface area contributed by atoms with Crippen molar-refractivity contribution in [1.29, 1.82) is 0 Å². The van der Waals surface area contributed by atoms with Gasteiger partial charge in [0.05, 0.1) is 0 Å². The minimum Gasteiger partial charge on any atom is -0.369 e. The number of anilines is 1. The molecule has 1 aromatic rings. The fourth-order valence-corrected chi connectivity index (χ4v) is 3.02. The third-order valence-electron chi connectivity index (χ3n) is 4.46. The molecule has 1 aliphatic heterocycles. The molecule has 0 radical (unpaired) electrons. The van der Waals surface area contributed by atoms with Crippen molar-refractivity contribution in [2.24, 2.45) is 0 Å². The van der Waals surface area contributed by atoms with Gasteiger partial charge in [-0.1, -0.05) is 19.1 Å². The monoisotopic (exact) mass is 275 g/mol. The first kappa shape index (κ1) is 15.3. The Morgan fingerprint density at radius 2 is 1.65 bits per heavy atom. The fraction of sp³-hybridized carbons (Fsp3) is 0.647. The van der Waals surface area contributed by atoms with Gasteiger partial charge >= 0.3 is 0 Å². The van der Waals surface area contributed by atoms with Crippen LogP contribution in [0.2, 0.25) is 0 Å². The molecule has 3 heteroatoms. The first-order valence-corrected chi connectivity index (χ1v) is 7.92. The van der Waals surface area contributed by atoms with Crippen molar-refractivity contribution in [2.45, 2.75) is 39.3 Å². The van der Waals surface area contributed by atoms with E-state index in [0.29, 0.717) is 12.1 Å². The molecule has 0 saturated carbocycles. The van der Waals surface area contributed by atoms with Gasteiger partial charge in [-0.3, -0.25) is 4.90 Å². The Balaban J connectivity index is 1.97. The van der Waals surface area contributed by atoms with Crippen molar-refractivity contribution >= 4 is 5.69 Å². The van der Waals surface area contributed by atoms with Crippen LogP contribution >= 0.6 is 0 Å². The summed E-state index contributed by atoms with van der Waals surface area (Å²) in [7, 11) is 2.03. The van der Waals surface area contributed by atoms with Crippen LogP contribution in [0.4, 0.5) is 5.69 Å². The smallest absolute Gasteiger partial charge is 0.0367 e. The molecule has 1 fully saturated rings. The summed E-state index contributed by atoms with van der Waals surface area (Å²) < 4.78 is 0. The zero-order valence-electron chi connectivity index (χ0n) is 13.4. The van der Waals surface area contributed by atoms with Crippen molar-refractivity contribution in [3.63, 3.8) is 0 Å². The van der Waals surface area contributed by atoms with E-state index in [2.05, 4.69) is 60.2 Å². The van der Waals surface area contributed by atoms with Gasteiger partial charge in [-0.15, -0.1) is 0 Å². The largest absolute Gasteiger partial charge is 0.369 e. The van der Waals surface area contributed by atoms with E-state index >= 15 is 0 Å². The van der Waals surface area contributed by atoms with Crippen LogP contribution in [0.15, 0.2) is 24.3 Å². The summed E-state index contributed by atoms with van der Waals surface area (Å²) in [5, 5.41) is 3.37. The number of hydrogen-bond donors (Lipinski definition) is 1. The molecule has 1 unspecified atom stereocenters. The molecule has 0 spiro atoms. The van der Waals surface area contributed by atoms with Crippen LogP contribution < -0.4 is 10.2 Å². The van der Waals surface area contributed by atoms with Crippen LogP contribution in [0.5, 0.6) is 0 Å². The van der Waals surface area contributed by atoms with Crippen LogP contribution in [0.1, 0.15) is 38.8 Å². The normalized spacial score (nSPS) is 18.6. The van der Waals surface area contributed by atoms with Crippen molar-refractivity contribution in [2.75, 3.05) is 38.1 Å². The number of nitrogens with zero attached hydrogens (tertiary/aromatic N) is 2. The predicted octanol–water partition coefficient (Wildman–Crippen LogP) is 2.89. The van der Waals surface area contributed by atoms with Crippen molar-refractivity contribution in [3.05, 3.63) is 29.8 Å². The van der Waals surface area contributed by atoms with Crippen LogP contribution in [0, 0.1) is 0 Å². The van der Waals surface area contributed by atoms with E-state index < -0.39 is 0 Å². The van der Waals surface area contributed by atoms with Gasteiger partial charge in [-0.05, 0) is 45.0 Å². The molecule has 2 rings (SSSR count). The van der Waals surface area contributed by atoms with E-state index in [1.807, 2.05) is 7.05 Å². The Hall–Kier alpha value is -1.06. The topological polar surface area (TPSA) is 18.5 Å². The van der Waals surface area contributed by atoms with Crippen LogP contribution in [-0.2, 0) is 0 Å². The third kappa shape index (κ3) is 3.53. The highest BCUT2D eigenvalue weighted by atomic mass is 15.3. The molecular formula is C17H29N3. The van der Waals surface area contributed by atoms with E-state index in [4.69, 9.17) is 0 Å². The molecule has 1 aliphatic rings. The van der Waals surface area contributed by atoms with Gasteiger partial charge in [0.15, 0.2) is 0 Å². The third-order valence-corrected chi connectivity index (χ3v) is 4.46. The molecule has 1 atom stereocenters. The summed E-state index contributed by atoms with van der Waals surface area (Å²) in [4.78, 5) is 5.06. The molecule has 0 bridgehead atoms. The summed E-state index contributed by atoms with van der Waals surface area (Å²) in [6.45, 7) is 11.4. The zero-order valence-corrected chi connectivity index (χ0v) is 13.4. The SMILES string of the molecule is CCC(NC)c1ccc(N2CCN(C(C)C)CC2)cc1. The second-order valence-corrected chi connectivity index (χ2v) is 5.96. The molecule has 20 heavy (non-hydrogen) atoms. The van der Waals surface area contributed by atoms with Crippen molar-refractivity contribution < 1.29 is 0 Å². The van der Waals surface area contributed by atoms with Gasteiger partial charge in [0.1, 0.15) is 0 Å². The lowest BCUT2D eigenvalue weighted by Gasteiger charge is -2.38. The first-order valence-electron chi connectivity index (χ1n) is 7.92. The van der Waals surface area contributed by atoms with Crippen molar-refractivity contribution in [3.8, 4) is 0 Å². The summed E-state index contributed by atoms with van der Waals surface area (Å²) in [5.41, 5.74) is 2.75. The number of nitrogens with one attached hydrogen (secondary N) is 1. The predicted molar refractivity (Wildman–Crippen MR) is 87.5 cm³/mol. The first-order chi connectivity index (χ1) is 9.65. The highest BCUT2D eigenvalue weighted by Gasteiger charge is 2.19. The Labute approximate surface area is 124 Å². The fourth-order valence-electron chi connectivity index (χ4n) is 3.02. The molecule has 3 nitrogen and oxygen atoms in total. The number of hydrogen-bond acceptors (Lipinski definition) is 3. The quantitative estimate of drug-likeness (QED) is 0.891. The van der Waals surface area contributed by atoms with Crippen LogP contribution in [0.25, 0.3) is 0 Å². The summed E-state index contributed by atoms with van der Waals surface area (Å²) >= 11 is 0. The number of rotatable bonds is 5. The van der Waals surface area contributed by atoms with Gasteiger partial charge in [-0.2, -0.15) is 0 Å². The van der Waals surface area contributed by atoms with E-state index in [0.717, 1.165) is 19.5 Å². The molecule has 1 saturated heterocycles. The Kier molecular flexibility index (Phi) is 5.44. The summed E-state index contributed by atoms with van der Waals surface area (Å²) in [6, 6.07) is 10.2. The second kappa shape index (κ2) is 7.09. The Bertz CT molecular complexity index is 387. The molecule has 0 amide bonds. The van der Waals surface area contributed by atoms with Gasteiger partial charge in [0.2, 0.25) is 0 Å². The zero-order chi connectivity index (χ0) is 14.5. The lowest BCUT2D eigenvalue weighted by atomic mass is 10.0. The Morgan fingerprint density at radius 3 is 2.10 bits per heavy atom. The molecule has 0 aromatic heterocycles. The van der Waals surface area contributed by atoms with E-state index in [1.54, 1.807) is 0 Å². The average molecular weight is 275 g/mol. The van der Waals surface area contributed by atoms with Gasteiger partial charge in [0.25, 0.3) is 0 Å². The maximum atomic E-state index is 3.37. The van der Waals surface area contributed by atoms with E-state index in [1.165, 1.54) is 24.3 Å². The molecule has 1 N–H and O–H groups in total. The maximum Gasteiger partial charge on any atom is 0.0367 e. The minimum atomic E-state index is 0.474. The van der Waals surface area contributed by atoms with Crippen LogP contribution in [0.3, 0.4) is 0 Å². The van der Waals surface area contributed by atoms with Gasteiger partial charge in [-0.25, -0.2) is 0 Å². The summed E-state index contributed by atoms with van der Waals surface area (Å²) in [5.74, 6) is 0. The minimum absolute atomic E-state index is 0.474. The Morgan fingerprint density at radius 1 is 1.05 bits per heavy atom. The lowest BCUT2D eigenvalue weighted by Crippen LogP contribution is -2.48. The lowest BCUT2D eigenvalue weighted by molar-refractivity contribution is 0.209. The number of benzene rings is 1. The molecule has 0 aliphatic carbocycles. The standard InChI is InChI=1S/C17H29N3/c1-5-17(18-4)15-6-8-16(9-7-15)20-12-10-19(11-13-20)14(2)3/h6-9,14,17-18H,5,10-13H2,1-4H3. The number of piperazine rings is 1. The second-order valence-electron chi connectivity index (χ2n) is 5.96. The molecule has 112 valence electrons. The molecule has 1 aromatic carbocycles. The maximum absolute atomic E-state index is 3.37.